The second-order valence-electron chi connectivity index (χ2n) is 6.22. The number of likely N-dealkylation sites (N-methyl/N-ethyl adjacent to an activating group) is 1. The van der Waals surface area contributed by atoms with Crippen LogP contribution in [0, 0.1) is 25.7 Å². The van der Waals surface area contributed by atoms with Gasteiger partial charge in [-0.2, -0.15) is 0 Å². The third-order valence-corrected chi connectivity index (χ3v) is 4.98. The van der Waals surface area contributed by atoms with Crippen LogP contribution in [0.25, 0.3) is 0 Å². The van der Waals surface area contributed by atoms with Gasteiger partial charge in [0, 0.05) is 35.5 Å². The van der Waals surface area contributed by atoms with Crippen LogP contribution in [0.3, 0.4) is 0 Å². The Labute approximate surface area is 123 Å². The Kier molecular flexibility index (Phi) is 5.03. The smallest absolute Gasteiger partial charge is 0.128 e. The fourth-order valence-electron chi connectivity index (χ4n) is 3.72. The number of pyridine rings is 1. The van der Waals surface area contributed by atoms with Crippen molar-refractivity contribution in [3.05, 3.63) is 23.0 Å². The van der Waals surface area contributed by atoms with Crippen LogP contribution < -0.4 is 10.1 Å². The molecule has 1 aromatic heterocycles. The molecule has 1 aliphatic rings. The molecule has 1 aliphatic carbocycles. The second kappa shape index (κ2) is 6.57. The van der Waals surface area contributed by atoms with Gasteiger partial charge in [0.15, 0.2) is 0 Å². The summed E-state index contributed by atoms with van der Waals surface area (Å²) in [5, 5.41) is 3.52. The van der Waals surface area contributed by atoms with Crippen LogP contribution in [0.15, 0.2) is 6.20 Å². The van der Waals surface area contributed by atoms with Crippen molar-refractivity contribution in [2.75, 3.05) is 14.2 Å². The molecule has 3 heteroatoms. The molecule has 2 rings (SSSR count). The molecular weight excluding hydrogens is 248 g/mol. The van der Waals surface area contributed by atoms with Gasteiger partial charge in [0.25, 0.3) is 0 Å². The summed E-state index contributed by atoms with van der Waals surface area (Å²) in [5.74, 6) is 2.58. The maximum Gasteiger partial charge on any atom is 0.128 e. The average Bonchev–Trinajstić information content (AvgIpc) is 2.85. The Hall–Kier alpha value is -1.09. The summed E-state index contributed by atoms with van der Waals surface area (Å²) in [6.45, 7) is 6.56. The largest absolute Gasteiger partial charge is 0.496 e. The van der Waals surface area contributed by atoms with E-state index in [1.54, 1.807) is 7.11 Å². The minimum absolute atomic E-state index is 0.520. The highest BCUT2D eigenvalue weighted by Crippen LogP contribution is 2.35. The Bertz CT molecular complexity index is 459. The van der Waals surface area contributed by atoms with Gasteiger partial charge < -0.3 is 10.1 Å². The standard InChI is InChI=1S/C17H28N2O/c1-11-7-6-8-14(11)16(18-4)9-15-13(3)17(20-5)12(2)10-19-15/h10-11,14,16,18H,6-9H2,1-5H3. The van der Waals surface area contributed by atoms with Gasteiger partial charge >= 0.3 is 0 Å². The number of aryl methyl sites for hydroxylation is 1. The summed E-state index contributed by atoms with van der Waals surface area (Å²) in [5.41, 5.74) is 3.48. The van der Waals surface area contributed by atoms with E-state index >= 15 is 0 Å². The average molecular weight is 276 g/mol. The summed E-state index contributed by atoms with van der Waals surface area (Å²) >= 11 is 0. The number of methoxy groups -OCH3 is 1. The molecular formula is C17H28N2O. The Morgan fingerprint density at radius 2 is 2.15 bits per heavy atom. The predicted molar refractivity (Wildman–Crippen MR) is 83.3 cm³/mol. The van der Waals surface area contributed by atoms with Gasteiger partial charge in [-0.25, -0.2) is 0 Å². The molecule has 20 heavy (non-hydrogen) atoms. The van der Waals surface area contributed by atoms with Crippen LogP contribution in [0.1, 0.15) is 43.0 Å². The van der Waals surface area contributed by atoms with Crippen molar-refractivity contribution in [1.82, 2.24) is 10.3 Å². The summed E-state index contributed by atoms with van der Waals surface area (Å²) in [6, 6.07) is 0.520. The van der Waals surface area contributed by atoms with Gasteiger partial charge in [-0.1, -0.05) is 19.8 Å². The van der Waals surface area contributed by atoms with Crippen molar-refractivity contribution in [2.45, 2.75) is 52.5 Å². The van der Waals surface area contributed by atoms with Gasteiger partial charge in [0.1, 0.15) is 5.75 Å². The molecule has 3 unspecified atom stereocenters. The van der Waals surface area contributed by atoms with E-state index in [1.807, 2.05) is 6.20 Å². The molecule has 0 aliphatic heterocycles. The van der Waals surface area contributed by atoms with E-state index in [9.17, 15) is 0 Å². The fourth-order valence-corrected chi connectivity index (χ4v) is 3.72. The van der Waals surface area contributed by atoms with E-state index in [0.29, 0.717) is 6.04 Å². The quantitative estimate of drug-likeness (QED) is 0.896. The Morgan fingerprint density at radius 1 is 1.40 bits per heavy atom. The van der Waals surface area contributed by atoms with Crippen molar-refractivity contribution >= 4 is 0 Å². The van der Waals surface area contributed by atoms with E-state index in [2.05, 4.69) is 38.1 Å². The molecule has 3 atom stereocenters. The summed E-state index contributed by atoms with van der Waals surface area (Å²) in [7, 11) is 3.82. The van der Waals surface area contributed by atoms with Gasteiger partial charge in [-0.15, -0.1) is 0 Å². The highest BCUT2D eigenvalue weighted by molar-refractivity contribution is 5.41. The molecule has 1 heterocycles. The molecule has 1 fully saturated rings. The van der Waals surface area contributed by atoms with Gasteiger partial charge in [0.05, 0.1) is 7.11 Å². The van der Waals surface area contributed by atoms with E-state index in [0.717, 1.165) is 29.6 Å². The molecule has 3 nitrogen and oxygen atoms in total. The van der Waals surface area contributed by atoms with Crippen LogP contribution >= 0.6 is 0 Å². The second-order valence-corrected chi connectivity index (χ2v) is 6.22. The van der Waals surface area contributed by atoms with Crippen molar-refractivity contribution in [2.24, 2.45) is 11.8 Å². The third-order valence-electron chi connectivity index (χ3n) is 4.98. The SMILES string of the molecule is CNC(Cc1ncc(C)c(OC)c1C)C1CCCC1C. The zero-order chi connectivity index (χ0) is 14.7. The van der Waals surface area contributed by atoms with E-state index in [-0.39, 0.29) is 0 Å². The van der Waals surface area contributed by atoms with Crippen molar-refractivity contribution < 1.29 is 4.74 Å². The summed E-state index contributed by atoms with van der Waals surface area (Å²) in [6.07, 6.45) is 7.01. The minimum atomic E-state index is 0.520. The molecule has 0 radical (unpaired) electrons. The van der Waals surface area contributed by atoms with Crippen molar-refractivity contribution in [1.29, 1.82) is 0 Å². The molecule has 1 saturated carbocycles. The normalized spacial score (nSPS) is 23.9. The predicted octanol–water partition coefficient (Wildman–Crippen LogP) is 3.27. The van der Waals surface area contributed by atoms with Crippen LogP contribution in [-0.2, 0) is 6.42 Å². The minimum Gasteiger partial charge on any atom is -0.496 e. The maximum atomic E-state index is 5.52. The first kappa shape index (κ1) is 15.3. The zero-order valence-corrected chi connectivity index (χ0v) is 13.5. The lowest BCUT2D eigenvalue weighted by Crippen LogP contribution is -2.37. The molecule has 0 saturated heterocycles. The van der Waals surface area contributed by atoms with E-state index in [1.165, 1.54) is 30.5 Å². The first-order valence-electron chi connectivity index (χ1n) is 7.74. The number of hydrogen-bond donors (Lipinski definition) is 1. The summed E-state index contributed by atoms with van der Waals surface area (Å²) in [4.78, 5) is 4.65. The molecule has 0 amide bonds. The first-order chi connectivity index (χ1) is 9.58. The number of nitrogens with one attached hydrogen (secondary N) is 1. The highest BCUT2D eigenvalue weighted by atomic mass is 16.5. The van der Waals surface area contributed by atoms with Crippen LogP contribution in [-0.4, -0.2) is 25.2 Å². The zero-order valence-electron chi connectivity index (χ0n) is 13.5. The van der Waals surface area contributed by atoms with Gasteiger partial charge in [-0.05, 0) is 39.2 Å². The molecule has 1 aromatic rings. The molecule has 112 valence electrons. The number of hydrogen-bond acceptors (Lipinski definition) is 3. The summed E-state index contributed by atoms with van der Waals surface area (Å²) < 4.78 is 5.52. The van der Waals surface area contributed by atoms with Crippen molar-refractivity contribution in [3.8, 4) is 5.75 Å². The third kappa shape index (κ3) is 2.98. The number of aromatic nitrogens is 1. The lowest BCUT2D eigenvalue weighted by atomic mass is 9.87. The van der Waals surface area contributed by atoms with E-state index in [4.69, 9.17) is 4.74 Å². The molecule has 0 bridgehead atoms. The topological polar surface area (TPSA) is 34.2 Å². The number of nitrogens with zero attached hydrogens (tertiary/aromatic N) is 1. The Morgan fingerprint density at radius 3 is 2.70 bits per heavy atom. The van der Waals surface area contributed by atoms with Crippen LogP contribution in [0.5, 0.6) is 5.75 Å². The van der Waals surface area contributed by atoms with Crippen LogP contribution in [0.4, 0.5) is 0 Å². The molecule has 0 spiro atoms. The first-order valence-corrected chi connectivity index (χ1v) is 7.74. The number of ether oxygens (including phenoxy) is 1. The Balaban J connectivity index is 2.19. The lowest BCUT2D eigenvalue weighted by Gasteiger charge is -2.27. The maximum absolute atomic E-state index is 5.52. The fraction of sp³-hybridized carbons (Fsp3) is 0.706. The van der Waals surface area contributed by atoms with E-state index < -0.39 is 0 Å². The van der Waals surface area contributed by atoms with Gasteiger partial charge in [-0.3, -0.25) is 4.98 Å². The van der Waals surface area contributed by atoms with Crippen molar-refractivity contribution in [3.63, 3.8) is 0 Å². The molecule has 1 N–H and O–H groups in total. The number of rotatable bonds is 5. The molecule has 0 aromatic carbocycles. The van der Waals surface area contributed by atoms with Gasteiger partial charge in [0.2, 0.25) is 0 Å². The highest BCUT2D eigenvalue weighted by Gasteiger charge is 2.30. The lowest BCUT2D eigenvalue weighted by molar-refractivity contribution is 0.306. The van der Waals surface area contributed by atoms with Crippen LogP contribution in [0.2, 0.25) is 0 Å². The monoisotopic (exact) mass is 276 g/mol.